The summed E-state index contributed by atoms with van der Waals surface area (Å²) in [6.07, 6.45) is 0.514. The van der Waals surface area contributed by atoms with Crippen molar-refractivity contribution in [3.63, 3.8) is 0 Å². The van der Waals surface area contributed by atoms with E-state index in [1.165, 1.54) is 6.07 Å². The van der Waals surface area contributed by atoms with Gasteiger partial charge in [0.1, 0.15) is 22.9 Å². The molecule has 0 aliphatic carbocycles. The summed E-state index contributed by atoms with van der Waals surface area (Å²) in [5, 5.41) is 0. The first-order chi connectivity index (χ1) is 9.65. The smallest absolute Gasteiger partial charge is 0.153 e. The summed E-state index contributed by atoms with van der Waals surface area (Å²) in [5.74, 6) is 0.0908. The fourth-order valence-corrected chi connectivity index (χ4v) is 2.11. The first-order valence-electron chi connectivity index (χ1n) is 6.12. The fraction of sp³-hybridized carbons (Fsp3) is 0.133. The topological polar surface area (TPSA) is 37.9 Å². The maximum atomic E-state index is 13.6. The lowest BCUT2D eigenvalue weighted by Crippen LogP contribution is -1.91. The number of nitrogens with zero attached hydrogens (tertiary/aromatic N) is 1. The van der Waals surface area contributed by atoms with Gasteiger partial charge in [-0.05, 0) is 23.8 Å². The Morgan fingerprint density at radius 2 is 1.90 bits per heavy atom. The predicted octanol–water partition coefficient (Wildman–Crippen LogP) is 3.44. The van der Waals surface area contributed by atoms with Gasteiger partial charge in [0.2, 0.25) is 0 Å². The fourth-order valence-electron chi connectivity index (χ4n) is 2.11. The van der Waals surface area contributed by atoms with Crippen LogP contribution in [0.4, 0.5) is 8.78 Å². The standard InChI is InChI=1S/C15H12F2N2O/c1-20-11-4-2-9(3-5-11)6-14-18-13-8-10(16)7-12(17)15(13)19-14/h2-5,7-8H,6H2,1H3,(H,18,19). The molecule has 0 bridgehead atoms. The summed E-state index contributed by atoms with van der Waals surface area (Å²) in [6, 6.07) is 9.58. The third kappa shape index (κ3) is 2.34. The molecule has 0 radical (unpaired) electrons. The number of ether oxygens (including phenoxy) is 1. The summed E-state index contributed by atoms with van der Waals surface area (Å²) in [5.41, 5.74) is 1.53. The highest BCUT2D eigenvalue weighted by atomic mass is 19.1. The summed E-state index contributed by atoms with van der Waals surface area (Å²) in [6.45, 7) is 0. The quantitative estimate of drug-likeness (QED) is 0.794. The Balaban J connectivity index is 1.92. The number of fused-ring (bicyclic) bond motifs is 1. The molecule has 0 aliphatic rings. The average Bonchev–Trinajstić information content (AvgIpc) is 2.82. The van der Waals surface area contributed by atoms with Gasteiger partial charge in [-0.25, -0.2) is 13.8 Å². The molecule has 0 fully saturated rings. The molecule has 102 valence electrons. The zero-order chi connectivity index (χ0) is 14.1. The zero-order valence-corrected chi connectivity index (χ0v) is 10.8. The maximum Gasteiger partial charge on any atom is 0.153 e. The number of rotatable bonds is 3. The van der Waals surface area contributed by atoms with Crippen molar-refractivity contribution >= 4 is 11.0 Å². The number of benzene rings is 2. The Morgan fingerprint density at radius 3 is 2.60 bits per heavy atom. The van der Waals surface area contributed by atoms with E-state index in [1.54, 1.807) is 7.11 Å². The Bertz CT molecular complexity index is 750. The molecular weight excluding hydrogens is 262 g/mol. The first kappa shape index (κ1) is 12.6. The van der Waals surface area contributed by atoms with E-state index in [4.69, 9.17) is 4.74 Å². The average molecular weight is 274 g/mol. The molecule has 2 aromatic carbocycles. The number of hydrogen-bond acceptors (Lipinski definition) is 2. The molecule has 3 rings (SSSR count). The number of imidazole rings is 1. The highest BCUT2D eigenvalue weighted by molar-refractivity contribution is 5.75. The lowest BCUT2D eigenvalue weighted by atomic mass is 10.1. The summed E-state index contributed by atoms with van der Waals surface area (Å²) in [4.78, 5) is 7.09. The first-order valence-corrected chi connectivity index (χ1v) is 6.12. The lowest BCUT2D eigenvalue weighted by Gasteiger charge is -2.01. The number of hydrogen-bond donors (Lipinski definition) is 1. The van der Waals surface area contributed by atoms with Crippen LogP contribution >= 0.6 is 0 Å². The second kappa shape index (κ2) is 4.92. The number of methoxy groups -OCH3 is 1. The van der Waals surface area contributed by atoms with Crippen LogP contribution in [0.25, 0.3) is 11.0 Å². The number of aromatic nitrogens is 2. The number of H-pyrrole nitrogens is 1. The van der Waals surface area contributed by atoms with Crippen LogP contribution in [0, 0.1) is 11.6 Å². The van der Waals surface area contributed by atoms with Crippen molar-refractivity contribution in [3.05, 3.63) is 59.4 Å². The van der Waals surface area contributed by atoms with Crippen LogP contribution in [-0.4, -0.2) is 17.1 Å². The Hall–Kier alpha value is -2.43. The van der Waals surface area contributed by atoms with E-state index in [-0.39, 0.29) is 5.52 Å². The van der Waals surface area contributed by atoms with Crippen molar-refractivity contribution in [1.29, 1.82) is 0 Å². The molecule has 3 aromatic rings. The minimum atomic E-state index is -0.655. The van der Waals surface area contributed by atoms with E-state index >= 15 is 0 Å². The molecule has 0 saturated carbocycles. The van der Waals surface area contributed by atoms with Crippen LogP contribution in [0.1, 0.15) is 11.4 Å². The van der Waals surface area contributed by atoms with Crippen LogP contribution in [-0.2, 0) is 6.42 Å². The molecule has 0 amide bonds. The van der Waals surface area contributed by atoms with E-state index in [2.05, 4.69) is 9.97 Å². The Labute approximate surface area is 114 Å². The minimum absolute atomic E-state index is 0.162. The second-order valence-electron chi connectivity index (χ2n) is 4.49. The van der Waals surface area contributed by atoms with E-state index in [9.17, 15) is 8.78 Å². The summed E-state index contributed by atoms with van der Waals surface area (Å²) in [7, 11) is 1.60. The van der Waals surface area contributed by atoms with Crippen molar-refractivity contribution < 1.29 is 13.5 Å². The summed E-state index contributed by atoms with van der Waals surface area (Å²) >= 11 is 0. The van der Waals surface area contributed by atoms with E-state index in [0.29, 0.717) is 17.8 Å². The van der Waals surface area contributed by atoms with Crippen LogP contribution in [0.3, 0.4) is 0 Å². The van der Waals surface area contributed by atoms with Gasteiger partial charge in [0.25, 0.3) is 0 Å². The van der Waals surface area contributed by atoms with Crippen molar-refractivity contribution in [2.24, 2.45) is 0 Å². The molecular formula is C15H12F2N2O. The third-order valence-corrected chi connectivity index (χ3v) is 3.08. The lowest BCUT2D eigenvalue weighted by molar-refractivity contribution is 0.414. The van der Waals surface area contributed by atoms with Gasteiger partial charge >= 0.3 is 0 Å². The highest BCUT2D eigenvalue weighted by Crippen LogP contribution is 2.19. The number of nitrogens with one attached hydrogen (secondary N) is 1. The highest BCUT2D eigenvalue weighted by Gasteiger charge is 2.10. The predicted molar refractivity (Wildman–Crippen MR) is 71.8 cm³/mol. The van der Waals surface area contributed by atoms with Gasteiger partial charge < -0.3 is 9.72 Å². The van der Waals surface area contributed by atoms with Gasteiger partial charge in [-0.3, -0.25) is 0 Å². The third-order valence-electron chi connectivity index (χ3n) is 3.08. The largest absolute Gasteiger partial charge is 0.497 e. The van der Waals surface area contributed by atoms with Crippen molar-refractivity contribution in [2.45, 2.75) is 6.42 Å². The van der Waals surface area contributed by atoms with Gasteiger partial charge in [0, 0.05) is 12.5 Å². The minimum Gasteiger partial charge on any atom is -0.497 e. The zero-order valence-electron chi connectivity index (χ0n) is 10.8. The maximum absolute atomic E-state index is 13.6. The molecule has 0 spiro atoms. The van der Waals surface area contributed by atoms with Crippen molar-refractivity contribution in [2.75, 3.05) is 7.11 Å². The van der Waals surface area contributed by atoms with Gasteiger partial charge in [-0.2, -0.15) is 0 Å². The molecule has 1 N–H and O–H groups in total. The molecule has 0 atom stereocenters. The van der Waals surface area contributed by atoms with Crippen LogP contribution in [0.2, 0.25) is 0 Å². The van der Waals surface area contributed by atoms with Crippen molar-refractivity contribution in [3.8, 4) is 5.75 Å². The monoisotopic (exact) mass is 274 g/mol. The normalized spacial score (nSPS) is 10.9. The van der Waals surface area contributed by atoms with Crippen LogP contribution < -0.4 is 4.74 Å². The summed E-state index contributed by atoms with van der Waals surface area (Å²) < 4.78 is 31.8. The number of aromatic amines is 1. The molecule has 20 heavy (non-hydrogen) atoms. The molecule has 1 aromatic heterocycles. The van der Waals surface area contributed by atoms with E-state index in [0.717, 1.165) is 17.4 Å². The molecule has 0 unspecified atom stereocenters. The van der Waals surface area contributed by atoms with Crippen LogP contribution in [0.15, 0.2) is 36.4 Å². The van der Waals surface area contributed by atoms with Gasteiger partial charge in [0.05, 0.1) is 12.6 Å². The molecule has 0 saturated heterocycles. The SMILES string of the molecule is COc1ccc(Cc2nc3c(F)cc(F)cc3[nH]2)cc1. The van der Waals surface area contributed by atoms with Gasteiger partial charge in [0.15, 0.2) is 5.82 Å². The van der Waals surface area contributed by atoms with Crippen LogP contribution in [0.5, 0.6) is 5.75 Å². The molecule has 5 heteroatoms. The molecule has 1 heterocycles. The Morgan fingerprint density at radius 1 is 1.15 bits per heavy atom. The van der Waals surface area contributed by atoms with E-state index in [1.807, 2.05) is 24.3 Å². The Kier molecular flexibility index (Phi) is 3.10. The van der Waals surface area contributed by atoms with Gasteiger partial charge in [-0.1, -0.05) is 12.1 Å². The number of halogens is 2. The second-order valence-corrected chi connectivity index (χ2v) is 4.49. The van der Waals surface area contributed by atoms with E-state index < -0.39 is 11.6 Å². The van der Waals surface area contributed by atoms with Gasteiger partial charge in [-0.15, -0.1) is 0 Å². The molecule has 0 aliphatic heterocycles. The molecule has 3 nitrogen and oxygen atoms in total. The van der Waals surface area contributed by atoms with Crippen molar-refractivity contribution in [1.82, 2.24) is 9.97 Å².